The van der Waals surface area contributed by atoms with Gasteiger partial charge < -0.3 is 29.8 Å². The molecule has 5 aromatic rings. The molecule has 0 unspecified atom stereocenters. The van der Waals surface area contributed by atoms with Gasteiger partial charge in [-0.25, -0.2) is 9.78 Å². The second-order valence-electron chi connectivity index (χ2n) is 10.6. The van der Waals surface area contributed by atoms with E-state index >= 15 is 0 Å². The molecule has 2 heterocycles. The van der Waals surface area contributed by atoms with Crippen LogP contribution in [-0.2, 0) is 29.2 Å². The van der Waals surface area contributed by atoms with E-state index in [4.69, 9.17) is 9.47 Å². The number of aromatic nitrogens is 2. The number of carbonyl (C=O) groups excluding carboxylic acids is 1. The maximum atomic E-state index is 12.4. The number of hydrogen-bond donors (Lipinski definition) is 3. The maximum absolute atomic E-state index is 12.4. The summed E-state index contributed by atoms with van der Waals surface area (Å²) in [6.45, 7) is 3.20. The Hall–Kier alpha value is -4.50. The van der Waals surface area contributed by atoms with E-state index in [0.29, 0.717) is 18.8 Å². The number of nitrogens with zero attached hydrogens (tertiary/aromatic N) is 2. The average molecular weight is 563 g/mol. The van der Waals surface area contributed by atoms with Gasteiger partial charge in [0.15, 0.2) is 6.29 Å². The average Bonchev–Trinajstić information content (AvgIpc) is 3.44. The van der Waals surface area contributed by atoms with Crippen molar-refractivity contribution in [3.63, 3.8) is 0 Å². The van der Waals surface area contributed by atoms with E-state index in [-0.39, 0.29) is 30.8 Å². The van der Waals surface area contributed by atoms with Gasteiger partial charge in [-0.1, -0.05) is 85.8 Å². The van der Waals surface area contributed by atoms with Crippen molar-refractivity contribution >= 4 is 22.8 Å². The van der Waals surface area contributed by atoms with Crippen LogP contribution in [-0.4, -0.2) is 26.8 Å². The van der Waals surface area contributed by atoms with E-state index in [2.05, 4.69) is 33.2 Å². The number of nitrogens with one attached hydrogen (secondary N) is 2. The molecule has 0 spiro atoms. The molecular formula is C34H34N4O4. The van der Waals surface area contributed by atoms with Crippen LogP contribution in [0.5, 0.6) is 0 Å². The Bertz CT molecular complexity index is 1620. The Labute approximate surface area is 244 Å². The molecular weight excluding hydrogens is 528 g/mol. The molecule has 4 aromatic carbocycles. The van der Waals surface area contributed by atoms with Crippen LogP contribution in [0, 0.1) is 5.92 Å². The van der Waals surface area contributed by atoms with Crippen molar-refractivity contribution in [2.24, 2.45) is 5.92 Å². The molecule has 1 aromatic heterocycles. The lowest BCUT2D eigenvalue weighted by molar-refractivity contribution is -0.276. The number of hydrogen-bond acceptors (Lipinski definition) is 5. The third-order valence-corrected chi connectivity index (χ3v) is 7.76. The van der Waals surface area contributed by atoms with Gasteiger partial charge in [-0.15, -0.1) is 0 Å². The summed E-state index contributed by atoms with van der Waals surface area (Å²) >= 11 is 0. The summed E-state index contributed by atoms with van der Waals surface area (Å²) in [7, 11) is 0. The molecule has 2 amide bonds. The predicted octanol–water partition coefficient (Wildman–Crippen LogP) is 6.34. The Balaban J connectivity index is 1.19. The Morgan fingerprint density at radius 2 is 1.57 bits per heavy atom. The molecule has 0 aliphatic carbocycles. The molecule has 1 saturated heterocycles. The number of fused-ring (bicyclic) bond motifs is 1. The van der Waals surface area contributed by atoms with Gasteiger partial charge in [0.2, 0.25) is 0 Å². The topological polar surface area (TPSA) is 97.6 Å². The molecule has 1 aliphatic rings. The van der Waals surface area contributed by atoms with Crippen LogP contribution in [0.4, 0.5) is 10.5 Å². The van der Waals surface area contributed by atoms with Crippen molar-refractivity contribution < 1.29 is 19.4 Å². The number of rotatable bonds is 8. The zero-order chi connectivity index (χ0) is 28.9. The summed E-state index contributed by atoms with van der Waals surface area (Å²) in [4.78, 5) is 17.0. The zero-order valence-electron chi connectivity index (χ0n) is 23.4. The van der Waals surface area contributed by atoms with Gasteiger partial charge in [0.05, 0.1) is 42.7 Å². The summed E-state index contributed by atoms with van der Waals surface area (Å²) in [5, 5.41) is 15.3. The third-order valence-electron chi connectivity index (χ3n) is 7.76. The minimum atomic E-state index is -0.607. The summed E-state index contributed by atoms with van der Waals surface area (Å²) in [5.41, 5.74) is 6.44. The number of para-hydroxylation sites is 2. The van der Waals surface area contributed by atoms with Gasteiger partial charge in [0.25, 0.3) is 0 Å². The number of benzene rings is 4. The quantitative estimate of drug-likeness (QED) is 0.205. The molecule has 42 heavy (non-hydrogen) atoms. The van der Waals surface area contributed by atoms with Gasteiger partial charge in [-0.2, -0.15) is 0 Å². The first-order valence-electron chi connectivity index (χ1n) is 14.2. The standard InChI is InChI=1S/C34H34N4O4/c1-23-31(20-38-22-36-29-9-5-6-10-30(29)38)41-33(42-32(23)26-13-11-25(21-39)12-14-26)27-15-17-28(18-16-27)37-34(40)35-19-24-7-3-2-4-8-24/h2-18,22-23,31-33,39H,19-21H2,1H3,(H2,35,37,40)/t23-,31+,32+,33+/m0/s1. The fraction of sp³-hybridized carbons (Fsp3) is 0.235. The lowest BCUT2D eigenvalue weighted by Crippen LogP contribution is -2.39. The number of ether oxygens (including phenoxy) is 2. The van der Waals surface area contributed by atoms with Crippen LogP contribution in [0.25, 0.3) is 11.0 Å². The van der Waals surface area contributed by atoms with Crippen LogP contribution < -0.4 is 10.6 Å². The lowest BCUT2D eigenvalue weighted by Gasteiger charge is -2.41. The highest BCUT2D eigenvalue weighted by atomic mass is 16.7. The minimum absolute atomic E-state index is 0.00587. The van der Waals surface area contributed by atoms with Crippen molar-refractivity contribution in [3.8, 4) is 0 Å². The smallest absolute Gasteiger partial charge is 0.319 e. The largest absolute Gasteiger partial charge is 0.392 e. The zero-order valence-corrected chi connectivity index (χ0v) is 23.4. The highest BCUT2D eigenvalue weighted by molar-refractivity contribution is 5.89. The van der Waals surface area contributed by atoms with E-state index in [1.165, 1.54) is 0 Å². The number of anilines is 1. The van der Waals surface area contributed by atoms with Crippen LogP contribution in [0.15, 0.2) is 109 Å². The van der Waals surface area contributed by atoms with Crippen molar-refractivity contribution in [1.29, 1.82) is 0 Å². The van der Waals surface area contributed by atoms with E-state index < -0.39 is 6.29 Å². The fourth-order valence-electron chi connectivity index (χ4n) is 5.35. The second-order valence-corrected chi connectivity index (χ2v) is 10.6. The molecule has 0 saturated carbocycles. The molecule has 8 nitrogen and oxygen atoms in total. The van der Waals surface area contributed by atoms with Crippen LogP contribution in [0.3, 0.4) is 0 Å². The number of aliphatic hydroxyl groups is 1. The normalized spacial score (nSPS) is 20.3. The van der Waals surface area contributed by atoms with Crippen LogP contribution >= 0.6 is 0 Å². The molecule has 3 N–H and O–H groups in total. The minimum Gasteiger partial charge on any atom is -0.392 e. The van der Waals surface area contributed by atoms with Gasteiger partial charge in [-0.3, -0.25) is 0 Å². The SMILES string of the molecule is C[C@H]1[C@@H](Cn2cnc3ccccc32)O[C@@H](c2ccc(NC(=O)NCc3ccccc3)cc2)O[C@H]1c1ccc(CO)cc1. The molecule has 0 radical (unpaired) electrons. The summed E-state index contributed by atoms with van der Waals surface area (Å²) in [6, 6.07) is 33.0. The number of imidazole rings is 1. The predicted molar refractivity (Wildman–Crippen MR) is 161 cm³/mol. The first-order valence-corrected chi connectivity index (χ1v) is 14.2. The van der Waals surface area contributed by atoms with Gasteiger partial charge in [0, 0.05) is 23.7 Å². The van der Waals surface area contributed by atoms with E-state index in [1.807, 2.05) is 103 Å². The van der Waals surface area contributed by atoms with Crippen molar-refractivity contribution in [3.05, 3.63) is 132 Å². The fourth-order valence-corrected chi connectivity index (χ4v) is 5.35. The molecule has 1 aliphatic heterocycles. The number of urea groups is 1. The Morgan fingerprint density at radius 1 is 0.857 bits per heavy atom. The van der Waals surface area contributed by atoms with E-state index in [0.717, 1.165) is 33.3 Å². The van der Waals surface area contributed by atoms with E-state index in [1.54, 1.807) is 0 Å². The maximum Gasteiger partial charge on any atom is 0.319 e. The highest BCUT2D eigenvalue weighted by Gasteiger charge is 2.38. The van der Waals surface area contributed by atoms with Gasteiger partial charge in [-0.05, 0) is 41.0 Å². The molecule has 0 bridgehead atoms. The molecule has 8 heteroatoms. The first kappa shape index (κ1) is 27.7. The number of carbonyl (C=O) groups is 1. The van der Waals surface area contributed by atoms with Crippen LogP contribution in [0.2, 0.25) is 0 Å². The Kier molecular flexibility index (Phi) is 8.28. The van der Waals surface area contributed by atoms with Crippen molar-refractivity contribution in [2.45, 2.75) is 45.1 Å². The summed E-state index contributed by atoms with van der Waals surface area (Å²) < 4.78 is 15.3. The highest BCUT2D eigenvalue weighted by Crippen LogP contribution is 2.42. The monoisotopic (exact) mass is 562 g/mol. The van der Waals surface area contributed by atoms with Crippen molar-refractivity contribution in [2.75, 3.05) is 5.32 Å². The summed E-state index contributed by atoms with van der Waals surface area (Å²) in [5.74, 6) is 0.0386. The third kappa shape index (κ3) is 6.21. The molecule has 6 rings (SSSR count). The first-order chi connectivity index (χ1) is 20.6. The van der Waals surface area contributed by atoms with E-state index in [9.17, 15) is 9.90 Å². The molecule has 1 fully saturated rings. The molecule has 4 atom stereocenters. The van der Waals surface area contributed by atoms with Crippen molar-refractivity contribution in [1.82, 2.24) is 14.9 Å². The molecule has 214 valence electrons. The number of amides is 2. The van der Waals surface area contributed by atoms with Crippen LogP contribution in [0.1, 0.15) is 41.6 Å². The lowest BCUT2D eigenvalue weighted by atomic mass is 9.90. The van der Waals surface area contributed by atoms with Gasteiger partial charge >= 0.3 is 6.03 Å². The Morgan fingerprint density at radius 3 is 2.33 bits per heavy atom. The second kappa shape index (κ2) is 12.6. The number of aliphatic hydroxyl groups excluding tert-OH is 1. The van der Waals surface area contributed by atoms with Gasteiger partial charge in [0.1, 0.15) is 0 Å². The summed E-state index contributed by atoms with van der Waals surface area (Å²) in [6.07, 6.45) is 0.868.